The van der Waals surface area contributed by atoms with Crippen LogP contribution in [0.25, 0.3) is 22.5 Å². The van der Waals surface area contributed by atoms with Crippen molar-refractivity contribution in [2.45, 2.75) is 6.92 Å². The summed E-state index contributed by atoms with van der Waals surface area (Å²) < 4.78 is 0. The molecule has 6 aromatic rings. The lowest BCUT2D eigenvalue weighted by molar-refractivity contribution is 0.0686. The highest BCUT2D eigenvalue weighted by atomic mass is 16.4. The summed E-state index contributed by atoms with van der Waals surface area (Å²) in [5.74, 6) is -1.16. The van der Waals surface area contributed by atoms with Crippen molar-refractivity contribution in [1.29, 1.82) is 0 Å². The zero-order valence-corrected chi connectivity index (χ0v) is 23.9. The van der Waals surface area contributed by atoms with Crippen molar-refractivity contribution in [2.24, 2.45) is 0 Å². The maximum atomic E-state index is 11.1. The number of aromatic nitrogens is 6. The number of nitrogens with one attached hydrogen (secondary N) is 2. The normalized spacial score (nSPS) is 10.2. The maximum absolute atomic E-state index is 11.1. The number of carboxylic acid groups (broad SMARTS) is 2. The second-order valence-corrected chi connectivity index (χ2v) is 9.49. The van der Waals surface area contributed by atoms with Crippen LogP contribution in [0.3, 0.4) is 0 Å². The van der Waals surface area contributed by atoms with E-state index in [2.05, 4.69) is 40.5 Å². The van der Waals surface area contributed by atoms with Gasteiger partial charge in [-0.2, -0.15) is 0 Å². The smallest absolute Gasteiger partial charge is 0.335 e. The van der Waals surface area contributed by atoms with E-state index in [1.54, 1.807) is 79.6 Å². The first-order valence-electron chi connectivity index (χ1n) is 13.5. The van der Waals surface area contributed by atoms with Crippen LogP contribution in [0.4, 0.5) is 23.3 Å². The van der Waals surface area contributed by atoms with Gasteiger partial charge in [-0.3, -0.25) is 9.97 Å². The van der Waals surface area contributed by atoms with Gasteiger partial charge in [-0.05, 0) is 79.2 Å². The number of rotatable bonds is 8. The van der Waals surface area contributed by atoms with Crippen LogP contribution in [0.2, 0.25) is 0 Å². The summed E-state index contributed by atoms with van der Waals surface area (Å²) in [6.45, 7) is 1.89. The predicted molar refractivity (Wildman–Crippen MR) is 169 cm³/mol. The van der Waals surface area contributed by atoms with Crippen LogP contribution in [0.1, 0.15) is 26.3 Å². The number of pyridine rings is 2. The van der Waals surface area contributed by atoms with Crippen LogP contribution < -0.4 is 10.6 Å². The van der Waals surface area contributed by atoms with E-state index in [-0.39, 0.29) is 11.1 Å². The molecule has 0 saturated carbocycles. The molecule has 0 spiro atoms. The molecule has 0 aliphatic carbocycles. The number of carboxylic acids is 2. The molecule has 4 aromatic heterocycles. The fourth-order valence-electron chi connectivity index (χ4n) is 4.06. The van der Waals surface area contributed by atoms with E-state index >= 15 is 0 Å². The third kappa shape index (κ3) is 8.05. The van der Waals surface area contributed by atoms with Crippen LogP contribution in [0.5, 0.6) is 0 Å². The van der Waals surface area contributed by atoms with Gasteiger partial charge in [0.15, 0.2) is 0 Å². The average molecular weight is 599 g/mol. The number of aromatic carboxylic acids is 2. The van der Waals surface area contributed by atoms with Crippen molar-refractivity contribution in [3.63, 3.8) is 0 Å². The summed E-state index contributed by atoms with van der Waals surface area (Å²) in [4.78, 5) is 47.4. The maximum Gasteiger partial charge on any atom is 0.335 e. The van der Waals surface area contributed by atoms with Gasteiger partial charge in [0.1, 0.15) is 0 Å². The summed E-state index contributed by atoms with van der Waals surface area (Å²) in [5, 5.41) is 24.2. The monoisotopic (exact) mass is 598 g/mol. The molecule has 0 saturated heterocycles. The highest BCUT2D eigenvalue weighted by Crippen LogP contribution is 2.23. The molecule has 12 nitrogen and oxygen atoms in total. The van der Waals surface area contributed by atoms with E-state index in [9.17, 15) is 9.59 Å². The second-order valence-electron chi connectivity index (χ2n) is 9.49. The number of carbonyl (C=O) groups is 2. The van der Waals surface area contributed by atoms with Crippen LogP contribution in [0.15, 0.2) is 116 Å². The average Bonchev–Trinajstić information content (AvgIpc) is 3.07. The Balaban J connectivity index is 0.000000178. The van der Waals surface area contributed by atoms with Crippen molar-refractivity contribution in [1.82, 2.24) is 29.9 Å². The standard InChI is InChI=1S/C17H14N4O2.C16H12N4O2/c1-11-4-5-12(16(22)23)9-15(11)21-17-19-8-6-14(20-17)13-3-2-7-18-10-13;21-15(22)11-3-1-5-13(9-11)19-16-18-8-6-14(20-16)12-4-2-7-17-10-12/h2-10H,1H3,(H,22,23)(H,19,20,21);1-10H,(H,21,22)(H,18,19,20). The summed E-state index contributed by atoms with van der Waals surface area (Å²) >= 11 is 0. The number of anilines is 4. The minimum Gasteiger partial charge on any atom is -0.478 e. The quantitative estimate of drug-likeness (QED) is 0.155. The number of hydrogen-bond donors (Lipinski definition) is 4. The summed E-state index contributed by atoms with van der Waals surface area (Å²) in [7, 11) is 0. The van der Waals surface area contributed by atoms with Crippen LogP contribution in [0, 0.1) is 6.92 Å². The Kier molecular flexibility index (Phi) is 9.35. The van der Waals surface area contributed by atoms with Gasteiger partial charge in [0.05, 0.1) is 22.5 Å². The lowest BCUT2D eigenvalue weighted by Gasteiger charge is -2.10. The molecule has 4 N–H and O–H groups in total. The Morgan fingerprint density at radius 3 is 1.76 bits per heavy atom. The van der Waals surface area contributed by atoms with Crippen LogP contribution >= 0.6 is 0 Å². The fourth-order valence-corrected chi connectivity index (χ4v) is 4.06. The van der Waals surface area contributed by atoms with Crippen LogP contribution in [-0.2, 0) is 0 Å². The molecule has 2 aromatic carbocycles. The van der Waals surface area contributed by atoms with Crippen molar-refractivity contribution in [3.8, 4) is 22.5 Å². The van der Waals surface area contributed by atoms with Crippen molar-refractivity contribution in [3.05, 3.63) is 133 Å². The largest absolute Gasteiger partial charge is 0.478 e. The van der Waals surface area contributed by atoms with Gasteiger partial charge < -0.3 is 20.8 Å². The topological polar surface area (TPSA) is 176 Å². The van der Waals surface area contributed by atoms with E-state index in [0.717, 1.165) is 28.1 Å². The lowest BCUT2D eigenvalue weighted by Crippen LogP contribution is -2.02. The second kappa shape index (κ2) is 14.1. The lowest BCUT2D eigenvalue weighted by atomic mass is 10.1. The first kappa shape index (κ1) is 29.9. The third-order valence-corrected chi connectivity index (χ3v) is 6.32. The first-order chi connectivity index (χ1) is 21.9. The fraction of sp³-hybridized carbons (Fsp3) is 0.0303. The van der Waals surface area contributed by atoms with Gasteiger partial charge in [-0.25, -0.2) is 29.5 Å². The molecular formula is C33H26N8O4. The van der Waals surface area contributed by atoms with Crippen molar-refractivity contribution < 1.29 is 19.8 Å². The Morgan fingerprint density at radius 2 is 1.20 bits per heavy atom. The molecule has 222 valence electrons. The van der Waals surface area contributed by atoms with Gasteiger partial charge in [-0.15, -0.1) is 0 Å². The van der Waals surface area contributed by atoms with Gasteiger partial charge in [0.25, 0.3) is 0 Å². The molecule has 0 aliphatic heterocycles. The van der Waals surface area contributed by atoms with Crippen molar-refractivity contribution in [2.75, 3.05) is 10.6 Å². The predicted octanol–water partition coefficient (Wildman–Crippen LogP) is 6.27. The van der Waals surface area contributed by atoms with E-state index in [0.29, 0.717) is 23.3 Å². The minimum atomic E-state index is -0.978. The van der Waals surface area contributed by atoms with Gasteiger partial charge in [0, 0.05) is 59.7 Å². The SMILES string of the molecule is Cc1ccc(C(=O)O)cc1Nc1nccc(-c2cccnc2)n1.O=C(O)c1cccc(Nc2nccc(-c3cccnc3)n2)c1. The Morgan fingerprint density at radius 1 is 0.622 bits per heavy atom. The number of aryl methyl sites for hydroxylation is 1. The van der Waals surface area contributed by atoms with Crippen molar-refractivity contribution >= 4 is 35.2 Å². The van der Waals surface area contributed by atoms with Gasteiger partial charge in [0.2, 0.25) is 11.9 Å². The molecule has 6 rings (SSSR count). The molecule has 0 amide bonds. The first-order valence-corrected chi connectivity index (χ1v) is 13.5. The molecule has 0 radical (unpaired) electrons. The number of nitrogens with zero attached hydrogens (tertiary/aromatic N) is 6. The van der Waals surface area contributed by atoms with E-state index in [4.69, 9.17) is 10.2 Å². The van der Waals surface area contributed by atoms with Gasteiger partial charge >= 0.3 is 11.9 Å². The minimum absolute atomic E-state index is 0.202. The third-order valence-electron chi connectivity index (χ3n) is 6.32. The van der Waals surface area contributed by atoms with Crippen LogP contribution in [-0.4, -0.2) is 52.1 Å². The molecule has 0 aliphatic rings. The van der Waals surface area contributed by atoms with E-state index in [1.807, 2.05) is 31.2 Å². The molecule has 0 unspecified atom stereocenters. The summed E-state index contributed by atoms with van der Waals surface area (Å²) in [5.41, 5.74) is 5.83. The zero-order valence-electron chi connectivity index (χ0n) is 23.9. The molecule has 4 heterocycles. The Hall–Kier alpha value is -6.56. The number of hydrogen-bond acceptors (Lipinski definition) is 10. The van der Waals surface area contributed by atoms with E-state index in [1.165, 1.54) is 12.1 Å². The molecular weight excluding hydrogens is 572 g/mol. The highest BCUT2D eigenvalue weighted by molar-refractivity contribution is 5.89. The molecule has 45 heavy (non-hydrogen) atoms. The summed E-state index contributed by atoms with van der Waals surface area (Å²) in [6, 6.07) is 22.4. The zero-order chi connectivity index (χ0) is 31.6. The molecule has 0 bridgehead atoms. The summed E-state index contributed by atoms with van der Waals surface area (Å²) in [6.07, 6.45) is 10.1. The molecule has 12 heteroatoms. The highest BCUT2D eigenvalue weighted by Gasteiger charge is 2.09. The number of benzene rings is 2. The van der Waals surface area contributed by atoms with E-state index < -0.39 is 11.9 Å². The Bertz CT molecular complexity index is 1940. The molecule has 0 atom stereocenters. The Labute approximate surface area is 257 Å². The van der Waals surface area contributed by atoms with Gasteiger partial charge in [-0.1, -0.05) is 12.1 Å². The molecule has 0 fully saturated rings.